The average molecular weight is 246 g/mol. The summed E-state index contributed by atoms with van der Waals surface area (Å²) < 4.78 is 1.64. The number of carboxylic acids is 1. The number of hydrogen-bond acceptors (Lipinski definition) is 2. The van der Waals surface area contributed by atoms with E-state index in [-0.39, 0.29) is 11.3 Å². The zero-order valence-electron chi connectivity index (χ0n) is 9.85. The first-order chi connectivity index (χ1) is 8.66. The lowest BCUT2D eigenvalue weighted by atomic mass is 10.2. The fourth-order valence-electron chi connectivity index (χ4n) is 2.30. The first kappa shape index (κ1) is 11.1. The Balaban J connectivity index is 2.07. The number of carboxylic acid groups (broad SMARTS) is 1. The van der Waals surface area contributed by atoms with E-state index in [1.807, 2.05) is 0 Å². The molecule has 0 amide bonds. The van der Waals surface area contributed by atoms with Crippen molar-refractivity contribution in [1.29, 1.82) is 0 Å². The Morgan fingerprint density at radius 2 is 2.22 bits per heavy atom. The first-order valence-corrected chi connectivity index (χ1v) is 6.11. The summed E-state index contributed by atoms with van der Waals surface area (Å²) >= 11 is 0. The molecule has 94 valence electrons. The lowest BCUT2D eigenvalue weighted by Gasteiger charge is -2.02. The molecule has 1 heterocycles. The van der Waals surface area contributed by atoms with Gasteiger partial charge in [0.1, 0.15) is 0 Å². The number of para-hydroxylation sites is 1. The van der Waals surface area contributed by atoms with E-state index in [4.69, 9.17) is 5.11 Å². The minimum absolute atomic E-state index is 0.148. The number of fused-ring (bicyclic) bond motifs is 1. The van der Waals surface area contributed by atoms with Crippen LogP contribution in [0.5, 0.6) is 0 Å². The Bertz CT molecular complexity index is 664. The SMILES string of the molecule is O=C(O)c1cccc2c1[nH]c(=O)n2CCC1CC1. The molecule has 1 saturated carbocycles. The molecule has 0 aliphatic heterocycles. The van der Waals surface area contributed by atoms with Gasteiger partial charge in [-0.1, -0.05) is 18.9 Å². The molecular weight excluding hydrogens is 232 g/mol. The van der Waals surface area contributed by atoms with Gasteiger partial charge in [-0.05, 0) is 24.5 Å². The lowest BCUT2D eigenvalue weighted by Crippen LogP contribution is -2.16. The van der Waals surface area contributed by atoms with Crippen molar-refractivity contribution in [2.24, 2.45) is 5.92 Å². The third-order valence-corrected chi connectivity index (χ3v) is 3.50. The van der Waals surface area contributed by atoms with Gasteiger partial charge in [0, 0.05) is 6.54 Å². The van der Waals surface area contributed by atoms with Gasteiger partial charge >= 0.3 is 11.7 Å². The summed E-state index contributed by atoms with van der Waals surface area (Å²) in [5.74, 6) is -0.277. The summed E-state index contributed by atoms with van der Waals surface area (Å²) in [6.45, 7) is 0.659. The molecular formula is C13H14N2O3. The number of H-pyrrole nitrogens is 1. The minimum atomic E-state index is -1.02. The minimum Gasteiger partial charge on any atom is -0.478 e. The molecule has 1 aromatic carbocycles. The predicted molar refractivity (Wildman–Crippen MR) is 66.9 cm³/mol. The van der Waals surface area contributed by atoms with Gasteiger partial charge in [-0.15, -0.1) is 0 Å². The van der Waals surface area contributed by atoms with E-state index in [1.54, 1.807) is 16.7 Å². The number of nitrogens with one attached hydrogen (secondary N) is 1. The molecule has 1 aliphatic rings. The van der Waals surface area contributed by atoms with Crippen LogP contribution in [0.1, 0.15) is 29.6 Å². The third kappa shape index (κ3) is 1.81. The number of carbonyl (C=O) groups is 1. The largest absolute Gasteiger partial charge is 0.478 e. The van der Waals surface area contributed by atoms with E-state index in [0.717, 1.165) is 12.3 Å². The number of aromatic carboxylic acids is 1. The summed E-state index contributed by atoms with van der Waals surface area (Å²) in [4.78, 5) is 25.6. The van der Waals surface area contributed by atoms with Crippen molar-refractivity contribution in [3.05, 3.63) is 34.2 Å². The highest BCUT2D eigenvalue weighted by Crippen LogP contribution is 2.32. The second kappa shape index (κ2) is 4.01. The fourth-order valence-corrected chi connectivity index (χ4v) is 2.30. The number of aromatic amines is 1. The molecule has 2 N–H and O–H groups in total. The van der Waals surface area contributed by atoms with Crippen LogP contribution in [0.15, 0.2) is 23.0 Å². The second-order valence-electron chi connectivity index (χ2n) is 4.82. The molecule has 2 aromatic rings. The van der Waals surface area contributed by atoms with Crippen molar-refractivity contribution in [3.8, 4) is 0 Å². The predicted octanol–water partition coefficient (Wildman–Crippen LogP) is 1.83. The maximum Gasteiger partial charge on any atom is 0.337 e. The molecule has 5 nitrogen and oxygen atoms in total. The van der Waals surface area contributed by atoms with E-state index in [9.17, 15) is 9.59 Å². The van der Waals surface area contributed by atoms with Crippen LogP contribution < -0.4 is 5.69 Å². The third-order valence-electron chi connectivity index (χ3n) is 3.50. The molecule has 0 saturated heterocycles. The van der Waals surface area contributed by atoms with Crippen molar-refractivity contribution in [1.82, 2.24) is 9.55 Å². The number of benzene rings is 1. The molecule has 0 radical (unpaired) electrons. The summed E-state index contributed by atoms with van der Waals surface area (Å²) in [5, 5.41) is 9.08. The molecule has 0 atom stereocenters. The molecule has 0 bridgehead atoms. The van der Waals surface area contributed by atoms with E-state index in [2.05, 4.69) is 4.98 Å². The smallest absolute Gasteiger partial charge is 0.337 e. The van der Waals surface area contributed by atoms with Crippen LogP contribution in [0.2, 0.25) is 0 Å². The molecule has 1 fully saturated rings. The molecule has 1 aromatic heterocycles. The Labute approximate surface area is 103 Å². The summed E-state index contributed by atoms with van der Waals surface area (Å²) in [7, 11) is 0. The lowest BCUT2D eigenvalue weighted by molar-refractivity contribution is 0.0699. The van der Waals surface area contributed by atoms with E-state index in [0.29, 0.717) is 17.6 Å². The van der Waals surface area contributed by atoms with Crippen LogP contribution in [-0.4, -0.2) is 20.6 Å². The van der Waals surface area contributed by atoms with Crippen LogP contribution in [0.25, 0.3) is 11.0 Å². The molecule has 18 heavy (non-hydrogen) atoms. The number of aromatic nitrogens is 2. The summed E-state index contributed by atoms with van der Waals surface area (Å²) in [6, 6.07) is 4.96. The monoisotopic (exact) mass is 246 g/mol. The standard InChI is InChI=1S/C13H14N2O3/c16-12(17)9-2-1-3-10-11(9)14-13(18)15(10)7-6-8-4-5-8/h1-3,8H,4-7H2,(H,14,18)(H,16,17). The highest BCUT2D eigenvalue weighted by atomic mass is 16.4. The van der Waals surface area contributed by atoms with Crippen LogP contribution in [0.3, 0.4) is 0 Å². The summed E-state index contributed by atoms with van der Waals surface area (Å²) in [6.07, 6.45) is 3.49. The van der Waals surface area contributed by atoms with Crippen molar-refractivity contribution in [3.63, 3.8) is 0 Å². The number of aryl methyl sites for hydroxylation is 1. The zero-order chi connectivity index (χ0) is 12.7. The maximum atomic E-state index is 11.9. The fraction of sp³-hybridized carbons (Fsp3) is 0.385. The van der Waals surface area contributed by atoms with Gasteiger partial charge in [0.15, 0.2) is 0 Å². The molecule has 3 rings (SSSR count). The maximum absolute atomic E-state index is 11.9. The average Bonchev–Trinajstić information content (AvgIpc) is 3.09. The Morgan fingerprint density at radius 3 is 2.89 bits per heavy atom. The number of imidazole rings is 1. The van der Waals surface area contributed by atoms with Crippen molar-refractivity contribution in [2.45, 2.75) is 25.8 Å². The van der Waals surface area contributed by atoms with E-state index in [1.165, 1.54) is 18.9 Å². The van der Waals surface area contributed by atoms with Gasteiger partial charge in [0.2, 0.25) is 0 Å². The number of nitrogens with zero attached hydrogens (tertiary/aromatic N) is 1. The van der Waals surface area contributed by atoms with Gasteiger partial charge in [0.05, 0.1) is 16.6 Å². The molecule has 1 aliphatic carbocycles. The topological polar surface area (TPSA) is 75.1 Å². The van der Waals surface area contributed by atoms with E-state index >= 15 is 0 Å². The highest BCUT2D eigenvalue weighted by molar-refractivity contribution is 6.00. The normalized spacial score (nSPS) is 15.1. The van der Waals surface area contributed by atoms with Crippen LogP contribution in [0.4, 0.5) is 0 Å². The first-order valence-electron chi connectivity index (χ1n) is 6.11. The van der Waals surface area contributed by atoms with Gasteiger partial charge in [-0.2, -0.15) is 0 Å². The second-order valence-corrected chi connectivity index (χ2v) is 4.82. The molecule has 0 unspecified atom stereocenters. The Hall–Kier alpha value is -2.04. The van der Waals surface area contributed by atoms with Gasteiger partial charge < -0.3 is 10.1 Å². The Morgan fingerprint density at radius 1 is 1.44 bits per heavy atom. The van der Waals surface area contributed by atoms with Gasteiger partial charge in [0.25, 0.3) is 0 Å². The van der Waals surface area contributed by atoms with Gasteiger partial charge in [-0.25, -0.2) is 9.59 Å². The molecule has 5 heteroatoms. The van der Waals surface area contributed by atoms with Crippen LogP contribution in [0, 0.1) is 5.92 Å². The summed E-state index contributed by atoms with van der Waals surface area (Å²) in [5.41, 5.74) is 1.03. The number of rotatable bonds is 4. The molecule has 0 spiro atoms. The van der Waals surface area contributed by atoms with Crippen LogP contribution >= 0.6 is 0 Å². The van der Waals surface area contributed by atoms with Crippen molar-refractivity contribution in [2.75, 3.05) is 0 Å². The Kier molecular flexibility index (Phi) is 2.47. The van der Waals surface area contributed by atoms with Crippen molar-refractivity contribution < 1.29 is 9.90 Å². The quantitative estimate of drug-likeness (QED) is 0.864. The number of hydrogen-bond donors (Lipinski definition) is 2. The van der Waals surface area contributed by atoms with Crippen molar-refractivity contribution >= 4 is 17.0 Å². The van der Waals surface area contributed by atoms with E-state index < -0.39 is 5.97 Å². The highest BCUT2D eigenvalue weighted by Gasteiger charge is 2.22. The van der Waals surface area contributed by atoms with Crippen LogP contribution in [-0.2, 0) is 6.54 Å². The van der Waals surface area contributed by atoms with Gasteiger partial charge in [-0.3, -0.25) is 4.57 Å². The zero-order valence-corrected chi connectivity index (χ0v) is 9.85.